The summed E-state index contributed by atoms with van der Waals surface area (Å²) in [5.74, 6) is 0.690. The van der Waals surface area contributed by atoms with Crippen LogP contribution < -0.4 is 5.56 Å². The number of nitrogens with one attached hydrogen (secondary N) is 1. The average Bonchev–Trinajstić information content (AvgIpc) is 2.37. The topological polar surface area (TPSA) is 55.0 Å². The summed E-state index contributed by atoms with van der Waals surface area (Å²) in [6, 6.07) is 0. The van der Waals surface area contributed by atoms with Crippen LogP contribution in [-0.4, -0.2) is 16.6 Å². The van der Waals surface area contributed by atoms with Crippen LogP contribution in [0.5, 0.6) is 0 Å². The van der Waals surface area contributed by atoms with Crippen molar-refractivity contribution >= 4 is 15.9 Å². The van der Waals surface area contributed by atoms with Crippen molar-refractivity contribution in [3.05, 3.63) is 26.3 Å². The van der Waals surface area contributed by atoms with E-state index in [1.165, 1.54) is 6.42 Å². The predicted octanol–water partition coefficient (Wildman–Crippen LogP) is 3.04. The van der Waals surface area contributed by atoms with Gasteiger partial charge in [0.25, 0.3) is 5.56 Å². The molecule has 1 N–H and O–H groups in total. The zero-order valence-corrected chi connectivity index (χ0v) is 12.5. The van der Waals surface area contributed by atoms with E-state index < -0.39 is 5.60 Å². The Morgan fingerprint density at radius 3 is 2.61 bits per heavy atom. The quantitative estimate of drug-likeness (QED) is 0.933. The van der Waals surface area contributed by atoms with Gasteiger partial charge >= 0.3 is 0 Å². The Morgan fingerprint density at radius 2 is 2.06 bits per heavy atom. The highest BCUT2D eigenvalue weighted by molar-refractivity contribution is 9.10. The van der Waals surface area contributed by atoms with Crippen LogP contribution in [0.25, 0.3) is 0 Å². The van der Waals surface area contributed by atoms with Crippen LogP contribution in [0.2, 0.25) is 0 Å². The average molecular weight is 315 g/mol. The van der Waals surface area contributed by atoms with Crippen LogP contribution in [0, 0.1) is 6.92 Å². The fraction of sp³-hybridized carbons (Fsp3) is 0.692. The molecule has 1 aromatic heterocycles. The molecular weight excluding hydrogens is 296 g/mol. The molecule has 0 saturated heterocycles. The molecule has 1 fully saturated rings. The summed E-state index contributed by atoms with van der Waals surface area (Å²) in [6.45, 7) is 4.46. The predicted molar refractivity (Wildman–Crippen MR) is 73.7 cm³/mol. The van der Waals surface area contributed by atoms with Gasteiger partial charge in [0, 0.05) is 6.61 Å². The summed E-state index contributed by atoms with van der Waals surface area (Å²) in [5, 5.41) is 0. The van der Waals surface area contributed by atoms with Crippen LogP contribution in [0.3, 0.4) is 0 Å². The lowest BCUT2D eigenvalue weighted by atomic mass is 9.83. The molecule has 0 aliphatic heterocycles. The second-order valence-electron chi connectivity index (χ2n) is 4.80. The molecule has 1 aliphatic carbocycles. The van der Waals surface area contributed by atoms with Gasteiger partial charge in [-0.05, 0) is 42.6 Å². The van der Waals surface area contributed by atoms with Gasteiger partial charge in [0.15, 0.2) is 0 Å². The molecule has 4 nitrogen and oxygen atoms in total. The molecule has 0 unspecified atom stereocenters. The van der Waals surface area contributed by atoms with E-state index in [0.29, 0.717) is 16.9 Å². The van der Waals surface area contributed by atoms with Gasteiger partial charge in [0.2, 0.25) is 0 Å². The minimum Gasteiger partial charge on any atom is -0.367 e. The monoisotopic (exact) mass is 314 g/mol. The van der Waals surface area contributed by atoms with E-state index in [1.807, 2.05) is 13.8 Å². The molecular formula is C13H19BrN2O2. The largest absolute Gasteiger partial charge is 0.367 e. The number of H-pyrrole nitrogens is 1. The lowest BCUT2D eigenvalue weighted by Crippen LogP contribution is -2.36. The van der Waals surface area contributed by atoms with Gasteiger partial charge in [0.05, 0.1) is 5.69 Å². The van der Waals surface area contributed by atoms with E-state index in [9.17, 15) is 4.79 Å². The Balaban J connectivity index is 2.45. The van der Waals surface area contributed by atoms with Gasteiger partial charge in [-0.2, -0.15) is 0 Å². The maximum Gasteiger partial charge on any atom is 0.265 e. The zero-order valence-electron chi connectivity index (χ0n) is 10.9. The Bertz CT molecular complexity index is 473. The maximum atomic E-state index is 11.9. The van der Waals surface area contributed by atoms with Crippen molar-refractivity contribution in [2.24, 2.45) is 0 Å². The van der Waals surface area contributed by atoms with Crippen molar-refractivity contribution in [1.82, 2.24) is 9.97 Å². The Hall–Kier alpha value is -0.680. The molecule has 0 spiro atoms. The maximum absolute atomic E-state index is 11.9. The summed E-state index contributed by atoms with van der Waals surface area (Å²) in [7, 11) is 0. The van der Waals surface area contributed by atoms with Crippen molar-refractivity contribution < 1.29 is 4.74 Å². The van der Waals surface area contributed by atoms with Gasteiger partial charge in [-0.15, -0.1) is 0 Å². The van der Waals surface area contributed by atoms with Crippen molar-refractivity contribution in [3.63, 3.8) is 0 Å². The standard InChI is InChI=1S/C13H19BrN2O2/c1-3-18-13(7-5-4-6-8-13)12-15-9(2)10(14)11(17)16-12/h3-8H2,1-2H3,(H,15,16,17). The van der Waals surface area contributed by atoms with E-state index in [4.69, 9.17) is 4.74 Å². The molecule has 0 atom stereocenters. The molecule has 1 aromatic rings. The van der Waals surface area contributed by atoms with Crippen LogP contribution >= 0.6 is 15.9 Å². The number of aromatic amines is 1. The first-order chi connectivity index (χ1) is 8.59. The lowest BCUT2D eigenvalue weighted by molar-refractivity contribution is -0.0769. The number of hydrogen-bond acceptors (Lipinski definition) is 3. The van der Waals surface area contributed by atoms with Crippen LogP contribution in [0.15, 0.2) is 9.27 Å². The number of nitrogens with zero attached hydrogens (tertiary/aromatic N) is 1. The minimum atomic E-state index is -0.391. The fourth-order valence-corrected chi connectivity index (χ4v) is 2.82. The summed E-state index contributed by atoms with van der Waals surface area (Å²) in [6.07, 6.45) is 5.35. The third kappa shape index (κ3) is 2.52. The lowest BCUT2D eigenvalue weighted by Gasteiger charge is -2.36. The highest BCUT2D eigenvalue weighted by atomic mass is 79.9. The molecule has 0 amide bonds. The number of hydrogen-bond donors (Lipinski definition) is 1. The molecule has 5 heteroatoms. The van der Waals surface area contributed by atoms with E-state index in [0.717, 1.165) is 31.4 Å². The smallest absolute Gasteiger partial charge is 0.265 e. The number of aromatic nitrogens is 2. The Labute approximate surface area is 115 Å². The third-order valence-corrected chi connectivity index (χ3v) is 4.48. The Kier molecular flexibility index (Phi) is 4.22. The van der Waals surface area contributed by atoms with Crippen molar-refractivity contribution in [3.8, 4) is 0 Å². The number of aryl methyl sites for hydroxylation is 1. The summed E-state index contributed by atoms with van der Waals surface area (Å²) >= 11 is 3.25. The van der Waals surface area contributed by atoms with Gasteiger partial charge < -0.3 is 9.72 Å². The second kappa shape index (κ2) is 5.53. The van der Waals surface area contributed by atoms with Crippen molar-refractivity contribution in [2.75, 3.05) is 6.61 Å². The van der Waals surface area contributed by atoms with Gasteiger partial charge in [-0.1, -0.05) is 19.3 Å². The molecule has 1 heterocycles. The first-order valence-electron chi connectivity index (χ1n) is 6.50. The van der Waals surface area contributed by atoms with Crippen molar-refractivity contribution in [1.29, 1.82) is 0 Å². The van der Waals surface area contributed by atoms with E-state index in [2.05, 4.69) is 25.9 Å². The van der Waals surface area contributed by atoms with Crippen molar-refractivity contribution in [2.45, 2.75) is 51.6 Å². The molecule has 0 radical (unpaired) electrons. The minimum absolute atomic E-state index is 0.123. The molecule has 1 saturated carbocycles. The molecule has 18 heavy (non-hydrogen) atoms. The summed E-state index contributed by atoms with van der Waals surface area (Å²) < 4.78 is 6.47. The van der Waals surface area contributed by atoms with E-state index in [-0.39, 0.29) is 5.56 Å². The zero-order chi connectivity index (χ0) is 13.2. The molecule has 0 aromatic carbocycles. The first kappa shape index (κ1) is 13.7. The summed E-state index contributed by atoms with van der Waals surface area (Å²) in [5.41, 5.74) is 0.206. The fourth-order valence-electron chi connectivity index (χ4n) is 2.64. The summed E-state index contributed by atoms with van der Waals surface area (Å²) in [4.78, 5) is 19.2. The van der Waals surface area contributed by atoms with Gasteiger partial charge in [-0.25, -0.2) is 4.98 Å². The van der Waals surface area contributed by atoms with Crippen LogP contribution in [0.1, 0.15) is 50.5 Å². The Morgan fingerprint density at radius 1 is 1.39 bits per heavy atom. The van der Waals surface area contributed by atoms with Crippen LogP contribution in [0.4, 0.5) is 0 Å². The molecule has 0 bridgehead atoms. The van der Waals surface area contributed by atoms with Crippen LogP contribution in [-0.2, 0) is 10.3 Å². The highest BCUT2D eigenvalue weighted by Crippen LogP contribution is 2.38. The second-order valence-corrected chi connectivity index (χ2v) is 5.59. The third-order valence-electron chi connectivity index (χ3n) is 3.54. The van der Waals surface area contributed by atoms with Gasteiger partial charge in [-0.3, -0.25) is 4.79 Å². The molecule has 100 valence electrons. The normalized spacial score (nSPS) is 18.8. The highest BCUT2D eigenvalue weighted by Gasteiger charge is 2.37. The molecule has 1 aliphatic rings. The number of rotatable bonds is 3. The molecule has 2 rings (SSSR count). The first-order valence-corrected chi connectivity index (χ1v) is 7.29. The number of ether oxygens (including phenoxy) is 1. The van der Waals surface area contributed by atoms with E-state index >= 15 is 0 Å². The SMILES string of the molecule is CCOC1(c2nc(C)c(Br)c(=O)[nH]2)CCCCC1. The van der Waals surface area contributed by atoms with E-state index in [1.54, 1.807) is 0 Å². The number of halogens is 1. The van der Waals surface area contributed by atoms with Gasteiger partial charge in [0.1, 0.15) is 15.9 Å².